The summed E-state index contributed by atoms with van der Waals surface area (Å²) in [5.74, 6) is -1.87. The first-order valence-corrected chi connectivity index (χ1v) is 14.5. The van der Waals surface area contributed by atoms with Gasteiger partial charge in [0.25, 0.3) is 0 Å². The van der Waals surface area contributed by atoms with Crippen molar-refractivity contribution in [2.45, 2.75) is 31.6 Å². The molecular formula is C30H31Cl2N3O3S. The molecule has 0 fully saturated rings. The van der Waals surface area contributed by atoms with E-state index in [0.29, 0.717) is 27.3 Å². The van der Waals surface area contributed by atoms with Gasteiger partial charge in [-0.25, -0.2) is 9.78 Å². The summed E-state index contributed by atoms with van der Waals surface area (Å²) in [4.78, 5) is 33.5. The van der Waals surface area contributed by atoms with E-state index in [1.165, 1.54) is 11.3 Å². The lowest BCUT2D eigenvalue weighted by Crippen LogP contribution is -2.44. The summed E-state index contributed by atoms with van der Waals surface area (Å²) in [6.07, 6.45) is 5.93. The minimum absolute atomic E-state index is 0.133. The van der Waals surface area contributed by atoms with Gasteiger partial charge in [-0.05, 0) is 49.8 Å². The standard InChI is InChI=1S/C30H31Cl2N3O3S/c1-3-35(4-2)16-8-15-33-28(38)30(29-34-26(19-39-29)21-11-12-24(31)25(32)17-21)14-13-22(23(18-30)27(36)37)20-9-6-5-7-10-20/h5-7,9-14,17-19,22H,3-4,8,15-16H2,1-2H3,(H,33,38)(H,36,37). The van der Waals surface area contributed by atoms with Gasteiger partial charge in [-0.2, -0.15) is 0 Å². The molecule has 204 valence electrons. The number of thiazole rings is 1. The summed E-state index contributed by atoms with van der Waals surface area (Å²) in [5, 5.41) is 16.4. The van der Waals surface area contributed by atoms with Crippen LogP contribution in [0.3, 0.4) is 0 Å². The average Bonchev–Trinajstić information content (AvgIpc) is 3.45. The van der Waals surface area contributed by atoms with Crippen LogP contribution >= 0.6 is 34.5 Å². The number of benzene rings is 2. The largest absolute Gasteiger partial charge is 0.478 e. The zero-order valence-corrected chi connectivity index (χ0v) is 24.2. The Hall–Kier alpha value is -2.97. The van der Waals surface area contributed by atoms with Crippen LogP contribution in [-0.2, 0) is 15.0 Å². The molecule has 0 aliphatic heterocycles. The SMILES string of the molecule is CCN(CC)CCCNC(=O)C1(c2nc(-c3ccc(Cl)c(Cl)c3)cs2)C=CC(c2ccccc2)C(C(=O)O)=C1. The number of carboxylic acid groups (broad SMARTS) is 1. The Morgan fingerprint density at radius 3 is 2.51 bits per heavy atom. The Bertz CT molecular complexity index is 1390. The molecule has 0 saturated heterocycles. The molecule has 6 nitrogen and oxygen atoms in total. The number of rotatable bonds is 11. The number of carbonyl (C=O) groups excluding carboxylic acids is 1. The van der Waals surface area contributed by atoms with E-state index >= 15 is 0 Å². The van der Waals surface area contributed by atoms with Gasteiger partial charge < -0.3 is 15.3 Å². The molecule has 0 bridgehead atoms. The fraction of sp³-hybridized carbons (Fsp3) is 0.300. The van der Waals surface area contributed by atoms with Gasteiger partial charge in [0, 0.05) is 29.0 Å². The maximum absolute atomic E-state index is 13.9. The molecule has 2 unspecified atom stereocenters. The maximum atomic E-state index is 13.9. The lowest BCUT2D eigenvalue weighted by atomic mass is 9.75. The maximum Gasteiger partial charge on any atom is 0.332 e. The first kappa shape index (κ1) is 29.0. The van der Waals surface area contributed by atoms with E-state index in [4.69, 9.17) is 28.2 Å². The Labute approximate surface area is 243 Å². The molecule has 2 N–H and O–H groups in total. The normalized spacial score (nSPS) is 18.7. The van der Waals surface area contributed by atoms with Gasteiger partial charge in [0.05, 0.1) is 15.7 Å². The molecule has 1 heterocycles. The highest BCUT2D eigenvalue weighted by Gasteiger charge is 2.43. The molecule has 1 aliphatic rings. The van der Waals surface area contributed by atoms with Crippen molar-refractivity contribution in [2.24, 2.45) is 0 Å². The second kappa shape index (κ2) is 12.9. The highest BCUT2D eigenvalue weighted by Crippen LogP contribution is 2.42. The van der Waals surface area contributed by atoms with Crippen LogP contribution in [0.1, 0.15) is 36.8 Å². The van der Waals surface area contributed by atoms with Crippen molar-refractivity contribution in [3.63, 3.8) is 0 Å². The van der Waals surface area contributed by atoms with E-state index in [0.717, 1.165) is 37.2 Å². The molecule has 1 amide bonds. The van der Waals surface area contributed by atoms with Crippen LogP contribution in [-0.4, -0.2) is 53.0 Å². The van der Waals surface area contributed by atoms with Crippen molar-refractivity contribution in [3.8, 4) is 11.3 Å². The summed E-state index contributed by atoms with van der Waals surface area (Å²) in [7, 11) is 0. The lowest BCUT2D eigenvalue weighted by molar-refractivity contribution is -0.132. The zero-order valence-electron chi connectivity index (χ0n) is 21.9. The van der Waals surface area contributed by atoms with Crippen LogP contribution in [0.2, 0.25) is 10.0 Å². The smallest absolute Gasteiger partial charge is 0.332 e. The fourth-order valence-corrected chi connectivity index (χ4v) is 5.97. The van der Waals surface area contributed by atoms with Crippen molar-refractivity contribution in [1.82, 2.24) is 15.2 Å². The molecule has 1 aliphatic carbocycles. The van der Waals surface area contributed by atoms with E-state index in [9.17, 15) is 14.7 Å². The fourth-order valence-electron chi connectivity index (χ4n) is 4.69. The molecule has 9 heteroatoms. The first-order chi connectivity index (χ1) is 18.8. The van der Waals surface area contributed by atoms with Gasteiger partial charge in [0.2, 0.25) is 5.91 Å². The molecule has 0 radical (unpaired) electrons. The monoisotopic (exact) mass is 583 g/mol. The molecule has 2 aromatic carbocycles. The van der Waals surface area contributed by atoms with Gasteiger partial charge in [0.15, 0.2) is 0 Å². The van der Waals surface area contributed by atoms with E-state index in [1.807, 2.05) is 41.8 Å². The second-order valence-electron chi connectivity index (χ2n) is 9.32. The number of amides is 1. The number of aromatic nitrogens is 1. The minimum atomic E-state index is -1.37. The van der Waals surface area contributed by atoms with Crippen LogP contribution in [0.4, 0.5) is 0 Å². The predicted molar refractivity (Wildman–Crippen MR) is 159 cm³/mol. The molecule has 3 aromatic rings. The Kier molecular flexibility index (Phi) is 9.62. The van der Waals surface area contributed by atoms with Gasteiger partial charge in [-0.3, -0.25) is 4.79 Å². The summed E-state index contributed by atoms with van der Waals surface area (Å²) < 4.78 is 0. The van der Waals surface area contributed by atoms with Gasteiger partial charge in [-0.1, -0.05) is 85.6 Å². The summed E-state index contributed by atoms with van der Waals surface area (Å²) in [6.45, 7) is 7.44. The molecule has 0 saturated carbocycles. The Morgan fingerprint density at radius 1 is 1.10 bits per heavy atom. The highest BCUT2D eigenvalue weighted by molar-refractivity contribution is 7.10. The van der Waals surface area contributed by atoms with E-state index in [1.54, 1.807) is 30.4 Å². The second-order valence-corrected chi connectivity index (χ2v) is 11.0. The lowest BCUT2D eigenvalue weighted by Gasteiger charge is -2.31. The number of allylic oxidation sites excluding steroid dienone is 1. The van der Waals surface area contributed by atoms with Crippen molar-refractivity contribution < 1.29 is 14.7 Å². The molecular weight excluding hydrogens is 553 g/mol. The molecule has 0 spiro atoms. The third-order valence-electron chi connectivity index (χ3n) is 6.96. The highest BCUT2D eigenvalue weighted by atomic mass is 35.5. The minimum Gasteiger partial charge on any atom is -0.478 e. The quantitative estimate of drug-likeness (QED) is 0.197. The van der Waals surface area contributed by atoms with Crippen molar-refractivity contribution >= 4 is 46.4 Å². The predicted octanol–water partition coefficient (Wildman–Crippen LogP) is 6.57. The summed E-state index contributed by atoms with van der Waals surface area (Å²) in [6, 6.07) is 14.6. The number of nitrogens with one attached hydrogen (secondary N) is 1. The van der Waals surface area contributed by atoms with Crippen LogP contribution in [0, 0.1) is 0 Å². The number of aliphatic carboxylic acids is 1. The number of hydrogen-bond donors (Lipinski definition) is 2. The average molecular weight is 585 g/mol. The summed E-state index contributed by atoms with van der Waals surface area (Å²) >= 11 is 13.6. The topological polar surface area (TPSA) is 82.5 Å². The number of carbonyl (C=O) groups is 2. The number of nitrogens with zero attached hydrogens (tertiary/aromatic N) is 2. The van der Waals surface area contributed by atoms with E-state index < -0.39 is 17.3 Å². The van der Waals surface area contributed by atoms with Gasteiger partial charge in [0.1, 0.15) is 10.4 Å². The van der Waals surface area contributed by atoms with Gasteiger partial charge in [-0.15, -0.1) is 11.3 Å². The summed E-state index contributed by atoms with van der Waals surface area (Å²) in [5.41, 5.74) is 0.990. The van der Waals surface area contributed by atoms with Crippen LogP contribution < -0.4 is 5.32 Å². The third kappa shape index (κ3) is 6.44. The molecule has 1 aromatic heterocycles. The van der Waals surface area contributed by atoms with Gasteiger partial charge >= 0.3 is 5.97 Å². The van der Waals surface area contributed by atoms with E-state index in [-0.39, 0.29) is 11.5 Å². The Morgan fingerprint density at radius 2 is 1.85 bits per heavy atom. The Balaban J connectivity index is 1.71. The zero-order chi connectivity index (χ0) is 28.0. The van der Waals surface area contributed by atoms with Crippen LogP contribution in [0.5, 0.6) is 0 Å². The van der Waals surface area contributed by atoms with E-state index in [2.05, 4.69) is 24.1 Å². The van der Waals surface area contributed by atoms with Crippen LogP contribution in [0.15, 0.2) is 77.7 Å². The molecule has 4 rings (SSSR count). The number of halogens is 2. The van der Waals surface area contributed by atoms with Crippen molar-refractivity contribution in [1.29, 1.82) is 0 Å². The molecule has 39 heavy (non-hydrogen) atoms. The van der Waals surface area contributed by atoms with Crippen molar-refractivity contribution in [3.05, 3.63) is 98.3 Å². The van der Waals surface area contributed by atoms with Crippen molar-refractivity contribution in [2.75, 3.05) is 26.2 Å². The number of hydrogen-bond acceptors (Lipinski definition) is 5. The third-order valence-corrected chi connectivity index (χ3v) is 8.69. The first-order valence-electron chi connectivity index (χ1n) is 12.9. The molecule has 2 atom stereocenters. The van der Waals surface area contributed by atoms with Crippen LogP contribution in [0.25, 0.3) is 11.3 Å². The number of carboxylic acids is 1.